The van der Waals surface area contributed by atoms with Crippen LogP contribution in [0, 0.1) is 0 Å². The molecule has 2 atom stereocenters. The standard InChI is InChI=1S/C9H19N3O/c1-13-5-4-9-3-2-8(11-9)6-12(10)7-9/h8,11H,2-7,10H2,1H3/t8-,9-/m1/s1. The van der Waals surface area contributed by atoms with E-state index in [1.165, 1.54) is 12.8 Å². The van der Waals surface area contributed by atoms with Crippen molar-refractivity contribution < 1.29 is 4.74 Å². The van der Waals surface area contributed by atoms with Crippen LogP contribution in [0.2, 0.25) is 0 Å². The molecule has 0 unspecified atom stereocenters. The van der Waals surface area contributed by atoms with Gasteiger partial charge in [-0.1, -0.05) is 0 Å². The predicted octanol–water partition coefficient (Wildman–Crippen LogP) is -0.297. The largest absolute Gasteiger partial charge is 0.385 e. The lowest BCUT2D eigenvalue weighted by Crippen LogP contribution is -2.61. The molecule has 4 heteroatoms. The van der Waals surface area contributed by atoms with Crippen molar-refractivity contribution in [2.24, 2.45) is 5.84 Å². The van der Waals surface area contributed by atoms with Gasteiger partial charge in [0.15, 0.2) is 0 Å². The maximum absolute atomic E-state index is 5.86. The minimum absolute atomic E-state index is 0.244. The first-order valence-electron chi connectivity index (χ1n) is 5.00. The smallest absolute Gasteiger partial charge is 0.0480 e. The van der Waals surface area contributed by atoms with E-state index in [2.05, 4.69) is 5.32 Å². The number of methoxy groups -OCH3 is 1. The van der Waals surface area contributed by atoms with E-state index in [9.17, 15) is 0 Å². The summed E-state index contributed by atoms with van der Waals surface area (Å²) in [6, 6.07) is 0.607. The molecule has 0 aliphatic carbocycles. The van der Waals surface area contributed by atoms with Crippen LogP contribution in [0.15, 0.2) is 0 Å². The lowest BCUT2D eigenvalue weighted by molar-refractivity contribution is 0.0999. The van der Waals surface area contributed by atoms with Gasteiger partial charge in [-0.05, 0) is 19.3 Å². The maximum Gasteiger partial charge on any atom is 0.0480 e. The number of nitrogens with two attached hydrogens (primary N) is 1. The Labute approximate surface area is 79.4 Å². The number of piperazine rings is 1. The number of hydrogen-bond acceptors (Lipinski definition) is 4. The average molecular weight is 185 g/mol. The van der Waals surface area contributed by atoms with E-state index in [1.54, 1.807) is 7.11 Å². The minimum Gasteiger partial charge on any atom is -0.385 e. The van der Waals surface area contributed by atoms with Crippen LogP contribution >= 0.6 is 0 Å². The first-order chi connectivity index (χ1) is 6.24. The zero-order valence-electron chi connectivity index (χ0n) is 8.25. The molecule has 3 N–H and O–H groups in total. The van der Waals surface area contributed by atoms with E-state index in [4.69, 9.17) is 10.6 Å². The first-order valence-corrected chi connectivity index (χ1v) is 5.00. The summed E-state index contributed by atoms with van der Waals surface area (Å²) in [6.07, 6.45) is 3.58. The van der Waals surface area contributed by atoms with Gasteiger partial charge in [0.1, 0.15) is 0 Å². The summed E-state index contributed by atoms with van der Waals surface area (Å²) in [4.78, 5) is 0. The molecular weight excluding hydrogens is 166 g/mol. The van der Waals surface area contributed by atoms with Crippen LogP contribution in [0.4, 0.5) is 0 Å². The number of rotatable bonds is 3. The second kappa shape index (κ2) is 3.53. The Kier molecular flexibility index (Phi) is 2.55. The normalized spacial score (nSPS) is 39.7. The van der Waals surface area contributed by atoms with Crippen LogP contribution < -0.4 is 11.2 Å². The van der Waals surface area contributed by atoms with Crippen LogP contribution in [-0.4, -0.2) is 43.4 Å². The number of nitrogens with one attached hydrogen (secondary N) is 1. The van der Waals surface area contributed by atoms with Crippen molar-refractivity contribution >= 4 is 0 Å². The predicted molar refractivity (Wildman–Crippen MR) is 51.1 cm³/mol. The summed E-state index contributed by atoms with van der Waals surface area (Å²) in [5.74, 6) is 5.86. The van der Waals surface area contributed by atoms with Crippen LogP contribution in [0.25, 0.3) is 0 Å². The van der Waals surface area contributed by atoms with Gasteiger partial charge in [0.05, 0.1) is 0 Å². The average Bonchev–Trinajstić information content (AvgIpc) is 2.40. The van der Waals surface area contributed by atoms with Crippen LogP contribution in [0.1, 0.15) is 19.3 Å². The number of hydrogen-bond donors (Lipinski definition) is 2. The highest BCUT2D eigenvalue weighted by molar-refractivity contribution is 5.03. The van der Waals surface area contributed by atoms with Crippen molar-refractivity contribution in [2.75, 3.05) is 26.8 Å². The maximum atomic E-state index is 5.86. The summed E-state index contributed by atoms with van der Waals surface area (Å²) in [6.45, 7) is 2.79. The highest BCUT2D eigenvalue weighted by Crippen LogP contribution is 2.31. The van der Waals surface area contributed by atoms with Crippen molar-refractivity contribution in [1.29, 1.82) is 0 Å². The van der Waals surface area contributed by atoms with E-state index in [1.807, 2.05) is 5.01 Å². The van der Waals surface area contributed by atoms with Crippen molar-refractivity contribution in [1.82, 2.24) is 10.3 Å². The van der Waals surface area contributed by atoms with Crippen molar-refractivity contribution in [3.8, 4) is 0 Å². The van der Waals surface area contributed by atoms with Crippen LogP contribution in [0.5, 0.6) is 0 Å². The fourth-order valence-corrected chi connectivity index (χ4v) is 2.60. The highest BCUT2D eigenvalue weighted by atomic mass is 16.5. The molecule has 0 aromatic heterocycles. The molecule has 0 saturated carbocycles. The molecule has 0 spiro atoms. The van der Waals surface area contributed by atoms with Gasteiger partial charge in [-0.25, -0.2) is 5.01 Å². The number of ether oxygens (including phenoxy) is 1. The fourth-order valence-electron chi connectivity index (χ4n) is 2.60. The third-order valence-electron chi connectivity index (χ3n) is 3.23. The summed E-state index contributed by atoms with van der Waals surface area (Å²) >= 11 is 0. The van der Waals surface area contributed by atoms with Gasteiger partial charge in [0, 0.05) is 38.4 Å². The highest BCUT2D eigenvalue weighted by Gasteiger charge is 2.43. The van der Waals surface area contributed by atoms with E-state index in [0.717, 1.165) is 26.1 Å². The number of fused-ring (bicyclic) bond motifs is 2. The molecule has 0 aromatic carbocycles. The van der Waals surface area contributed by atoms with Crippen LogP contribution in [-0.2, 0) is 4.74 Å². The molecule has 2 saturated heterocycles. The molecule has 4 nitrogen and oxygen atoms in total. The molecule has 2 fully saturated rings. The van der Waals surface area contributed by atoms with Gasteiger partial charge in [-0.3, -0.25) is 5.84 Å². The summed E-state index contributed by atoms with van der Waals surface area (Å²) < 4.78 is 5.13. The van der Waals surface area contributed by atoms with Crippen molar-refractivity contribution in [2.45, 2.75) is 30.8 Å². The molecule has 76 valence electrons. The molecule has 0 aromatic rings. The second-order valence-electron chi connectivity index (χ2n) is 4.33. The molecule has 2 heterocycles. The van der Waals surface area contributed by atoms with Crippen molar-refractivity contribution in [3.05, 3.63) is 0 Å². The zero-order valence-corrected chi connectivity index (χ0v) is 8.25. The summed E-state index contributed by atoms with van der Waals surface area (Å²) in [5, 5.41) is 5.62. The van der Waals surface area contributed by atoms with E-state index in [0.29, 0.717) is 6.04 Å². The Morgan fingerprint density at radius 1 is 1.69 bits per heavy atom. The Balaban J connectivity index is 1.96. The third kappa shape index (κ3) is 1.86. The molecule has 2 aliphatic heterocycles. The second-order valence-corrected chi connectivity index (χ2v) is 4.33. The summed E-state index contributed by atoms with van der Waals surface area (Å²) in [7, 11) is 1.76. The summed E-state index contributed by atoms with van der Waals surface area (Å²) in [5.41, 5.74) is 0.244. The van der Waals surface area contributed by atoms with Gasteiger partial charge in [0.25, 0.3) is 0 Å². The minimum atomic E-state index is 0.244. The molecular formula is C9H19N3O. The van der Waals surface area contributed by atoms with E-state index < -0.39 is 0 Å². The Hall–Kier alpha value is -0.160. The fraction of sp³-hybridized carbons (Fsp3) is 1.00. The lowest BCUT2D eigenvalue weighted by atomic mass is 9.93. The molecule has 13 heavy (non-hydrogen) atoms. The molecule has 2 rings (SSSR count). The van der Waals surface area contributed by atoms with Gasteiger partial charge in [0.2, 0.25) is 0 Å². The van der Waals surface area contributed by atoms with E-state index in [-0.39, 0.29) is 5.54 Å². The topological polar surface area (TPSA) is 50.5 Å². The Bertz CT molecular complexity index is 188. The molecule has 0 radical (unpaired) electrons. The van der Waals surface area contributed by atoms with Gasteiger partial charge in [-0.2, -0.15) is 0 Å². The SMILES string of the molecule is COCC[C@]12CC[C@H](CN(N)C1)N2. The third-order valence-corrected chi connectivity index (χ3v) is 3.23. The quantitative estimate of drug-likeness (QED) is 0.593. The van der Waals surface area contributed by atoms with Crippen LogP contribution in [0.3, 0.4) is 0 Å². The number of nitrogens with zero attached hydrogens (tertiary/aromatic N) is 1. The molecule has 2 bridgehead atoms. The first kappa shape index (κ1) is 9.40. The molecule has 2 aliphatic rings. The van der Waals surface area contributed by atoms with Gasteiger partial charge < -0.3 is 10.1 Å². The lowest BCUT2D eigenvalue weighted by Gasteiger charge is -2.39. The van der Waals surface area contributed by atoms with Gasteiger partial charge >= 0.3 is 0 Å². The Morgan fingerprint density at radius 2 is 2.54 bits per heavy atom. The van der Waals surface area contributed by atoms with Gasteiger partial charge in [-0.15, -0.1) is 0 Å². The zero-order chi connectivity index (χ0) is 9.31. The Morgan fingerprint density at radius 3 is 3.31 bits per heavy atom. The molecule has 0 amide bonds. The van der Waals surface area contributed by atoms with Crippen molar-refractivity contribution in [3.63, 3.8) is 0 Å². The monoisotopic (exact) mass is 185 g/mol. The van der Waals surface area contributed by atoms with E-state index >= 15 is 0 Å². The number of hydrazine groups is 1.